The molecular formula is C15H21BrN2O. The third kappa shape index (κ3) is 3.57. The van der Waals surface area contributed by atoms with Gasteiger partial charge < -0.3 is 10.2 Å². The van der Waals surface area contributed by atoms with Gasteiger partial charge in [0, 0.05) is 23.1 Å². The minimum absolute atomic E-state index is 0.0441. The second-order valence-corrected chi connectivity index (χ2v) is 6.40. The number of aryl methyl sites for hydroxylation is 2. The molecule has 1 fully saturated rings. The molecule has 4 heteroatoms. The molecule has 1 heterocycles. The highest BCUT2D eigenvalue weighted by Crippen LogP contribution is 2.21. The van der Waals surface area contributed by atoms with Crippen molar-refractivity contribution in [2.24, 2.45) is 5.92 Å². The quantitative estimate of drug-likeness (QED) is 0.927. The van der Waals surface area contributed by atoms with Crippen LogP contribution in [0.3, 0.4) is 0 Å². The van der Waals surface area contributed by atoms with E-state index in [1.807, 2.05) is 26.0 Å². The zero-order valence-electron chi connectivity index (χ0n) is 11.8. The van der Waals surface area contributed by atoms with Crippen molar-refractivity contribution in [1.29, 1.82) is 0 Å². The molecule has 0 spiro atoms. The molecule has 0 aliphatic carbocycles. The molecule has 1 aliphatic heterocycles. The molecule has 1 atom stereocenters. The van der Waals surface area contributed by atoms with Crippen LogP contribution in [0, 0.1) is 19.8 Å². The van der Waals surface area contributed by atoms with Gasteiger partial charge >= 0.3 is 0 Å². The monoisotopic (exact) mass is 324 g/mol. The number of rotatable bonds is 3. The van der Waals surface area contributed by atoms with Crippen molar-refractivity contribution < 1.29 is 4.79 Å². The number of carbonyl (C=O) groups is 1. The van der Waals surface area contributed by atoms with Crippen molar-refractivity contribution >= 4 is 21.8 Å². The van der Waals surface area contributed by atoms with E-state index in [2.05, 4.69) is 33.2 Å². The van der Waals surface area contributed by atoms with Crippen LogP contribution in [0.4, 0.5) is 0 Å². The summed E-state index contributed by atoms with van der Waals surface area (Å²) >= 11 is 3.49. The fourth-order valence-electron chi connectivity index (χ4n) is 2.55. The van der Waals surface area contributed by atoms with Crippen LogP contribution in [0.25, 0.3) is 0 Å². The maximum Gasteiger partial charge on any atom is 0.251 e. The van der Waals surface area contributed by atoms with Crippen molar-refractivity contribution in [3.05, 3.63) is 33.3 Å². The third-order valence-electron chi connectivity index (χ3n) is 3.79. The average molecular weight is 325 g/mol. The summed E-state index contributed by atoms with van der Waals surface area (Å²) in [5, 5.41) is 3.07. The Morgan fingerprint density at radius 3 is 2.79 bits per heavy atom. The zero-order valence-corrected chi connectivity index (χ0v) is 13.4. The average Bonchev–Trinajstić information content (AvgIpc) is 2.77. The molecule has 1 aliphatic rings. The van der Waals surface area contributed by atoms with E-state index in [4.69, 9.17) is 0 Å². The zero-order chi connectivity index (χ0) is 14.0. The van der Waals surface area contributed by atoms with Gasteiger partial charge in [-0.05, 0) is 63.0 Å². The summed E-state index contributed by atoms with van der Waals surface area (Å²) in [6.07, 6.45) is 1.18. The predicted molar refractivity (Wildman–Crippen MR) is 81.6 cm³/mol. The van der Waals surface area contributed by atoms with Crippen molar-refractivity contribution in [2.45, 2.75) is 20.3 Å². The Labute approximate surface area is 123 Å². The lowest BCUT2D eigenvalue weighted by atomic mass is 10.0. The molecule has 104 valence electrons. The number of nitrogens with zero attached hydrogens (tertiary/aromatic N) is 1. The van der Waals surface area contributed by atoms with E-state index < -0.39 is 0 Å². The standard InChI is InChI=1S/C15H21BrN2O/c1-10-7-14(16)11(2)6-13(10)15(19)17-8-12-4-5-18(3)9-12/h6-7,12H,4-5,8-9H2,1-3H3,(H,17,19)/t12-/m0/s1. The summed E-state index contributed by atoms with van der Waals surface area (Å²) in [5.74, 6) is 0.633. The Hall–Kier alpha value is -0.870. The molecule has 1 aromatic rings. The van der Waals surface area contributed by atoms with Crippen molar-refractivity contribution in [2.75, 3.05) is 26.7 Å². The maximum absolute atomic E-state index is 12.2. The van der Waals surface area contributed by atoms with Crippen LogP contribution in [0.2, 0.25) is 0 Å². The van der Waals surface area contributed by atoms with E-state index in [0.717, 1.165) is 40.8 Å². The van der Waals surface area contributed by atoms with Gasteiger partial charge in [-0.15, -0.1) is 0 Å². The smallest absolute Gasteiger partial charge is 0.251 e. The fourth-order valence-corrected chi connectivity index (χ4v) is 3.01. The molecule has 2 rings (SSSR count). The molecule has 1 N–H and O–H groups in total. The normalized spacial score (nSPS) is 19.7. The van der Waals surface area contributed by atoms with E-state index in [1.165, 1.54) is 6.42 Å². The molecule has 1 saturated heterocycles. The molecule has 3 nitrogen and oxygen atoms in total. The van der Waals surface area contributed by atoms with Crippen molar-refractivity contribution in [3.8, 4) is 0 Å². The molecule has 0 radical (unpaired) electrons. The lowest BCUT2D eigenvalue weighted by Gasteiger charge is -2.13. The molecule has 1 aromatic carbocycles. The van der Waals surface area contributed by atoms with Gasteiger partial charge in [0.2, 0.25) is 0 Å². The molecule has 19 heavy (non-hydrogen) atoms. The number of likely N-dealkylation sites (tertiary alicyclic amines) is 1. The molecule has 0 unspecified atom stereocenters. The Balaban J connectivity index is 1.98. The van der Waals surface area contributed by atoms with E-state index in [-0.39, 0.29) is 5.91 Å². The molecule has 1 amide bonds. The highest BCUT2D eigenvalue weighted by Gasteiger charge is 2.20. The molecule has 0 saturated carbocycles. The molecule has 0 aromatic heterocycles. The summed E-state index contributed by atoms with van der Waals surface area (Å²) in [5.41, 5.74) is 2.89. The van der Waals surface area contributed by atoms with Crippen molar-refractivity contribution in [1.82, 2.24) is 10.2 Å². The van der Waals surface area contributed by atoms with Gasteiger partial charge in [-0.25, -0.2) is 0 Å². The lowest BCUT2D eigenvalue weighted by Crippen LogP contribution is -2.31. The number of carbonyl (C=O) groups excluding carboxylic acids is 1. The van der Waals surface area contributed by atoms with Gasteiger partial charge in [0.25, 0.3) is 5.91 Å². The Morgan fingerprint density at radius 2 is 2.16 bits per heavy atom. The highest BCUT2D eigenvalue weighted by atomic mass is 79.9. The SMILES string of the molecule is Cc1cc(C(=O)NC[C@@H]2CCN(C)C2)c(C)cc1Br. The Bertz CT molecular complexity index is 487. The summed E-state index contributed by atoms with van der Waals surface area (Å²) in [6.45, 7) is 6.97. The van der Waals surface area contributed by atoms with Crippen LogP contribution in [0.1, 0.15) is 27.9 Å². The van der Waals surface area contributed by atoms with Crippen LogP contribution in [-0.2, 0) is 0 Å². The second-order valence-electron chi connectivity index (χ2n) is 5.54. The first-order chi connectivity index (χ1) is 8.97. The van der Waals surface area contributed by atoms with E-state index in [0.29, 0.717) is 5.92 Å². The van der Waals surface area contributed by atoms with E-state index in [1.54, 1.807) is 0 Å². The van der Waals surface area contributed by atoms with Gasteiger partial charge in [0.15, 0.2) is 0 Å². The van der Waals surface area contributed by atoms with Gasteiger partial charge in [-0.1, -0.05) is 15.9 Å². The maximum atomic E-state index is 12.2. The molecule has 0 bridgehead atoms. The Morgan fingerprint density at radius 1 is 1.42 bits per heavy atom. The first kappa shape index (κ1) is 14.5. The predicted octanol–water partition coefficient (Wildman–Crippen LogP) is 2.75. The van der Waals surface area contributed by atoms with E-state index >= 15 is 0 Å². The van der Waals surface area contributed by atoms with Gasteiger partial charge in [-0.2, -0.15) is 0 Å². The summed E-state index contributed by atoms with van der Waals surface area (Å²) in [4.78, 5) is 14.5. The van der Waals surface area contributed by atoms with Crippen LogP contribution >= 0.6 is 15.9 Å². The summed E-state index contributed by atoms with van der Waals surface area (Å²) < 4.78 is 1.05. The topological polar surface area (TPSA) is 32.3 Å². The number of hydrogen-bond donors (Lipinski definition) is 1. The first-order valence-electron chi connectivity index (χ1n) is 6.71. The number of nitrogens with one attached hydrogen (secondary N) is 1. The first-order valence-corrected chi connectivity index (χ1v) is 7.50. The van der Waals surface area contributed by atoms with Crippen LogP contribution < -0.4 is 5.32 Å². The summed E-state index contributed by atoms with van der Waals surface area (Å²) in [7, 11) is 2.13. The number of amides is 1. The van der Waals surface area contributed by atoms with Crippen LogP contribution in [0.5, 0.6) is 0 Å². The number of hydrogen-bond acceptors (Lipinski definition) is 2. The number of benzene rings is 1. The van der Waals surface area contributed by atoms with Gasteiger partial charge in [0.1, 0.15) is 0 Å². The third-order valence-corrected chi connectivity index (χ3v) is 4.64. The van der Waals surface area contributed by atoms with Gasteiger partial charge in [0.05, 0.1) is 0 Å². The lowest BCUT2D eigenvalue weighted by molar-refractivity contribution is 0.0947. The second kappa shape index (κ2) is 6.06. The minimum atomic E-state index is 0.0441. The van der Waals surface area contributed by atoms with Crippen molar-refractivity contribution in [3.63, 3.8) is 0 Å². The van der Waals surface area contributed by atoms with Crippen LogP contribution in [-0.4, -0.2) is 37.5 Å². The summed E-state index contributed by atoms with van der Waals surface area (Å²) in [6, 6.07) is 3.96. The minimum Gasteiger partial charge on any atom is -0.352 e. The highest BCUT2D eigenvalue weighted by molar-refractivity contribution is 9.10. The Kier molecular flexibility index (Phi) is 4.63. The largest absolute Gasteiger partial charge is 0.352 e. The van der Waals surface area contributed by atoms with Gasteiger partial charge in [-0.3, -0.25) is 4.79 Å². The van der Waals surface area contributed by atoms with E-state index in [9.17, 15) is 4.79 Å². The van der Waals surface area contributed by atoms with Crippen LogP contribution in [0.15, 0.2) is 16.6 Å². The number of halogens is 1. The fraction of sp³-hybridized carbons (Fsp3) is 0.533. The molecular weight excluding hydrogens is 304 g/mol.